The minimum atomic E-state index is -0.891. The van der Waals surface area contributed by atoms with Gasteiger partial charge in [0.05, 0.1) is 11.8 Å². The Balaban J connectivity index is 1.84. The summed E-state index contributed by atoms with van der Waals surface area (Å²) >= 11 is 0. The lowest BCUT2D eigenvalue weighted by molar-refractivity contribution is -0.148. The smallest absolute Gasteiger partial charge is 0.307 e. The number of nitrogens with one attached hydrogen (secondary N) is 1. The van der Waals surface area contributed by atoms with Gasteiger partial charge in [-0.15, -0.1) is 0 Å². The van der Waals surface area contributed by atoms with Crippen molar-refractivity contribution in [2.45, 2.75) is 33.6 Å². The third-order valence-corrected chi connectivity index (χ3v) is 5.57. The van der Waals surface area contributed by atoms with Crippen molar-refractivity contribution in [1.82, 2.24) is 0 Å². The number of aliphatic carboxylic acids is 1. The van der Waals surface area contributed by atoms with Gasteiger partial charge in [0.25, 0.3) is 0 Å². The molecule has 0 aromatic heterocycles. The highest BCUT2D eigenvalue weighted by atomic mass is 16.4. The summed E-state index contributed by atoms with van der Waals surface area (Å²) in [6, 6.07) is 6.68. The van der Waals surface area contributed by atoms with E-state index in [1.54, 1.807) is 24.3 Å². The fourth-order valence-electron chi connectivity index (χ4n) is 4.62. The molecule has 25 heavy (non-hydrogen) atoms. The van der Waals surface area contributed by atoms with Gasteiger partial charge >= 0.3 is 5.97 Å². The third-order valence-electron chi connectivity index (χ3n) is 5.57. The number of carbonyl (C=O) groups excluding carboxylic acids is 2. The lowest BCUT2D eigenvalue weighted by atomic mass is 9.78. The predicted octanol–water partition coefficient (Wildman–Crippen LogP) is 3.52. The van der Waals surface area contributed by atoms with Crippen LogP contribution in [-0.4, -0.2) is 22.8 Å². The zero-order chi connectivity index (χ0) is 18.3. The van der Waals surface area contributed by atoms with Crippen molar-refractivity contribution in [2.75, 3.05) is 5.32 Å². The molecule has 1 aromatic rings. The zero-order valence-corrected chi connectivity index (χ0v) is 14.7. The highest BCUT2D eigenvalue weighted by Crippen LogP contribution is 2.57. The monoisotopic (exact) mass is 341 g/mol. The fraction of sp³-hybridized carbons (Fsp3) is 0.450. The van der Waals surface area contributed by atoms with Gasteiger partial charge in [-0.1, -0.05) is 11.1 Å². The molecule has 2 aliphatic rings. The van der Waals surface area contributed by atoms with Gasteiger partial charge in [-0.2, -0.15) is 0 Å². The number of allylic oxidation sites excluding steroid dienone is 2. The molecular weight excluding hydrogens is 318 g/mol. The maximum absolute atomic E-state index is 12.8. The number of amides is 1. The average Bonchev–Trinajstić information content (AvgIpc) is 3.11. The number of hydrogen-bond donors (Lipinski definition) is 2. The number of carbonyl (C=O) groups is 3. The summed E-state index contributed by atoms with van der Waals surface area (Å²) in [6.07, 6.45) is 1.72. The SMILES string of the molecule is CC(=O)c1ccc(NC(=O)[C@@H]2[C@H](C(=O)O)[C@H]3CC[C@H]2C3=C(C)C)cc1. The van der Waals surface area contributed by atoms with E-state index in [4.69, 9.17) is 0 Å². The predicted molar refractivity (Wildman–Crippen MR) is 94.3 cm³/mol. The Morgan fingerprint density at radius 2 is 1.52 bits per heavy atom. The van der Waals surface area contributed by atoms with E-state index in [1.165, 1.54) is 12.5 Å². The van der Waals surface area contributed by atoms with Gasteiger partial charge in [0.2, 0.25) is 5.91 Å². The molecule has 0 radical (unpaired) electrons. The highest BCUT2D eigenvalue weighted by Gasteiger charge is 2.57. The summed E-state index contributed by atoms with van der Waals surface area (Å²) in [5, 5.41) is 12.5. The van der Waals surface area contributed by atoms with Gasteiger partial charge < -0.3 is 10.4 Å². The fourth-order valence-corrected chi connectivity index (χ4v) is 4.62. The molecule has 1 aromatic carbocycles. The molecule has 2 N–H and O–H groups in total. The number of carboxylic acid groups (broad SMARTS) is 1. The molecular formula is C20H23NO4. The molecule has 2 saturated carbocycles. The molecule has 4 atom stereocenters. The Kier molecular flexibility index (Phi) is 4.50. The van der Waals surface area contributed by atoms with Gasteiger partial charge in [0.1, 0.15) is 0 Å². The van der Waals surface area contributed by atoms with Crippen molar-refractivity contribution in [1.29, 1.82) is 0 Å². The topological polar surface area (TPSA) is 83.5 Å². The van der Waals surface area contributed by atoms with E-state index in [-0.39, 0.29) is 23.5 Å². The summed E-state index contributed by atoms with van der Waals surface area (Å²) in [7, 11) is 0. The standard InChI is InChI=1S/C20H23NO4/c1-10(2)16-14-8-9-15(16)18(20(24)25)17(14)19(23)21-13-6-4-12(5-7-13)11(3)22/h4-7,14-15,17-18H,8-9H2,1-3H3,(H,21,23)(H,24,25)/t14-,15-,17-,18+/m0/s1. The normalized spacial score (nSPS) is 27.2. The van der Waals surface area contributed by atoms with E-state index in [0.717, 1.165) is 18.4 Å². The van der Waals surface area contributed by atoms with Crippen LogP contribution in [0.2, 0.25) is 0 Å². The van der Waals surface area contributed by atoms with Crippen molar-refractivity contribution in [3.05, 3.63) is 41.0 Å². The molecule has 0 aliphatic heterocycles. The van der Waals surface area contributed by atoms with Crippen LogP contribution in [0, 0.1) is 23.7 Å². The third kappa shape index (κ3) is 2.99. The maximum atomic E-state index is 12.8. The molecule has 132 valence electrons. The van der Waals surface area contributed by atoms with Gasteiger partial charge in [-0.25, -0.2) is 0 Å². The first-order valence-corrected chi connectivity index (χ1v) is 8.63. The van der Waals surface area contributed by atoms with Crippen molar-refractivity contribution in [3.8, 4) is 0 Å². The molecule has 2 aliphatic carbocycles. The Morgan fingerprint density at radius 1 is 0.960 bits per heavy atom. The van der Waals surface area contributed by atoms with E-state index in [0.29, 0.717) is 11.3 Å². The highest BCUT2D eigenvalue weighted by molar-refractivity contribution is 5.98. The Morgan fingerprint density at radius 3 is 2.00 bits per heavy atom. The number of fused-ring (bicyclic) bond motifs is 2. The van der Waals surface area contributed by atoms with Crippen molar-refractivity contribution < 1.29 is 19.5 Å². The van der Waals surface area contributed by atoms with E-state index >= 15 is 0 Å². The van der Waals surface area contributed by atoms with Crippen LogP contribution < -0.4 is 5.32 Å². The molecule has 0 heterocycles. The first-order chi connectivity index (χ1) is 11.8. The lowest BCUT2D eigenvalue weighted by Gasteiger charge is -2.26. The number of hydrogen-bond acceptors (Lipinski definition) is 3. The van der Waals surface area contributed by atoms with Gasteiger partial charge in [-0.3, -0.25) is 14.4 Å². The van der Waals surface area contributed by atoms with Crippen LogP contribution >= 0.6 is 0 Å². The molecule has 5 heteroatoms. The second-order valence-electron chi connectivity index (χ2n) is 7.26. The quantitative estimate of drug-likeness (QED) is 0.648. The summed E-state index contributed by atoms with van der Waals surface area (Å²) in [6.45, 7) is 5.49. The summed E-state index contributed by atoms with van der Waals surface area (Å²) in [5.41, 5.74) is 3.47. The molecule has 5 nitrogen and oxygen atoms in total. The number of rotatable bonds is 4. The number of ketones is 1. The molecule has 0 saturated heterocycles. The number of carboxylic acids is 1. The van der Waals surface area contributed by atoms with E-state index < -0.39 is 17.8 Å². The van der Waals surface area contributed by atoms with Gasteiger partial charge in [-0.05, 0) is 69.7 Å². The average molecular weight is 341 g/mol. The summed E-state index contributed by atoms with van der Waals surface area (Å²) in [5.74, 6) is -2.36. The first-order valence-electron chi connectivity index (χ1n) is 8.63. The van der Waals surface area contributed by atoms with Crippen molar-refractivity contribution in [2.24, 2.45) is 23.7 Å². The summed E-state index contributed by atoms with van der Waals surface area (Å²) < 4.78 is 0. The number of Topliss-reactive ketones (excluding diaryl/α,β-unsaturated/α-hetero) is 1. The van der Waals surface area contributed by atoms with Crippen LogP contribution in [0.3, 0.4) is 0 Å². The second kappa shape index (κ2) is 6.47. The molecule has 0 spiro atoms. The molecule has 1 amide bonds. The largest absolute Gasteiger partial charge is 0.481 e. The molecule has 2 fully saturated rings. The first kappa shape index (κ1) is 17.4. The van der Waals surface area contributed by atoms with Crippen LogP contribution in [0.15, 0.2) is 35.4 Å². The number of benzene rings is 1. The molecule has 2 bridgehead atoms. The van der Waals surface area contributed by atoms with E-state index in [9.17, 15) is 19.5 Å². The van der Waals surface area contributed by atoms with E-state index in [1.807, 2.05) is 13.8 Å². The minimum absolute atomic E-state index is 0.0209. The molecule has 3 rings (SSSR count). The van der Waals surface area contributed by atoms with Crippen molar-refractivity contribution >= 4 is 23.3 Å². The van der Waals surface area contributed by atoms with Crippen LogP contribution in [0.5, 0.6) is 0 Å². The van der Waals surface area contributed by atoms with Crippen LogP contribution in [-0.2, 0) is 9.59 Å². The minimum Gasteiger partial charge on any atom is -0.481 e. The van der Waals surface area contributed by atoms with Crippen LogP contribution in [0.25, 0.3) is 0 Å². The lowest BCUT2D eigenvalue weighted by Crippen LogP contribution is -2.37. The van der Waals surface area contributed by atoms with Gasteiger partial charge in [0, 0.05) is 11.3 Å². The Hall–Kier alpha value is -2.43. The summed E-state index contributed by atoms with van der Waals surface area (Å²) in [4.78, 5) is 36.0. The van der Waals surface area contributed by atoms with Crippen molar-refractivity contribution in [3.63, 3.8) is 0 Å². The Labute approximate surface area is 147 Å². The number of anilines is 1. The van der Waals surface area contributed by atoms with Crippen LogP contribution in [0.1, 0.15) is 44.0 Å². The Bertz CT molecular complexity index is 758. The zero-order valence-electron chi connectivity index (χ0n) is 14.7. The van der Waals surface area contributed by atoms with Crippen LogP contribution in [0.4, 0.5) is 5.69 Å². The second-order valence-corrected chi connectivity index (χ2v) is 7.26. The van der Waals surface area contributed by atoms with Gasteiger partial charge in [0.15, 0.2) is 5.78 Å². The van der Waals surface area contributed by atoms with E-state index in [2.05, 4.69) is 5.32 Å². The maximum Gasteiger partial charge on any atom is 0.307 e. The molecule has 0 unspecified atom stereocenters.